The zero-order valence-corrected chi connectivity index (χ0v) is 6.05. The van der Waals surface area contributed by atoms with Crippen molar-refractivity contribution < 1.29 is 9.34 Å². The molecule has 0 aliphatic carbocycles. The Kier molecular flexibility index (Phi) is 1.96. The highest BCUT2D eigenvalue weighted by molar-refractivity contribution is 7.98. The first-order valence-electron chi connectivity index (χ1n) is 2.52. The third kappa shape index (κ3) is 1.30. The standard InChI is InChI=1S/C5H5NO3S/c1-10-5-3-2-4(9-5)6(7)8/h2-3H,1H3. The Labute approximate surface area is 61.4 Å². The zero-order valence-electron chi connectivity index (χ0n) is 5.23. The predicted octanol–water partition coefficient (Wildman–Crippen LogP) is 1.91. The lowest BCUT2D eigenvalue weighted by atomic mass is 10.6. The lowest BCUT2D eigenvalue weighted by Crippen LogP contribution is -1.82. The van der Waals surface area contributed by atoms with Gasteiger partial charge < -0.3 is 4.42 Å². The molecule has 0 aromatic carbocycles. The molecular weight excluding hydrogens is 154 g/mol. The van der Waals surface area contributed by atoms with Crippen molar-refractivity contribution in [2.45, 2.75) is 5.09 Å². The van der Waals surface area contributed by atoms with Crippen LogP contribution < -0.4 is 0 Å². The summed E-state index contributed by atoms with van der Waals surface area (Å²) < 4.78 is 4.76. The molecular formula is C5H5NO3S. The molecule has 0 aliphatic heterocycles. The fourth-order valence-electron chi connectivity index (χ4n) is 0.518. The monoisotopic (exact) mass is 159 g/mol. The number of hydrogen-bond donors (Lipinski definition) is 0. The maximum Gasteiger partial charge on any atom is 0.434 e. The largest absolute Gasteiger partial charge is 0.434 e. The summed E-state index contributed by atoms with van der Waals surface area (Å²) in [5, 5.41) is 10.6. The van der Waals surface area contributed by atoms with Gasteiger partial charge in [-0.05, 0) is 12.3 Å². The van der Waals surface area contributed by atoms with Crippen molar-refractivity contribution in [3.8, 4) is 0 Å². The molecule has 0 fully saturated rings. The molecule has 0 radical (unpaired) electrons. The fourth-order valence-corrected chi connectivity index (χ4v) is 0.891. The van der Waals surface area contributed by atoms with E-state index in [-0.39, 0.29) is 5.88 Å². The van der Waals surface area contributed by atoms with Crippen molar-refractivity contribution in [2.24, 2.45) is 0 Å². The van der Waals surface area contributed by atoms with Crippen molar-refractivity contribution in [1.29, 1.82) is 0 Å². The molecule has 1 aromatic rings. The van der Waals surface area contributed by atoms with E-state index in [0.29, 0.717) is 5.09 Å². The van der Waals surface area contributed by atoms with E-state index >= 15 is 0 Å². The van der Waals surface area contributed by atoms with Crippen molar-refractivity contribution in [3.05, 3.63) is 22.2 Å². The molecule has 4 nitrogen and oxygen atoms in total. The Bertz CT molecular complexity index is 245. The van der Waals surface area contributed by atoms with Gasteiger partial charge in [0.2, 0.25) is 0 Å². The van der Waals surface area contributed by atoms with E-state index in [9.17, 15) is 10.1 Å². The highest BCUT2D eigenvalue weighted by Gasteiger charge is 2.09. The van der Waals surface area contributed by atoms with E-state index in [0.717, 1.165) is 0 Å². The smallest absolute Gasteiger partial charge is 0.394 e. The first-order valence-corrected chi connectivity index (χ1v) is 3.74. The highest BCUT2D eigenvalue weighted by Crippen LogP contribution is 2.22. The lowest BCUT2D eigenvalue weighted by Gasteiger charge is -1.82. The zero-order chi connectivity index (χ0) is 7.56. The first kappa shape index (κ1) is 7.14. The third-order valence-electron chi connectivity index (χ3n) is 0.948. The van der Waals surface area contributed by atoms with Crippen molar-refractivity contribution in [2.75, 3.05) is 6.26 Å². The van der Waals surface area contributed by atoms with Gasteiger partial charge >= 0.3 is 5.88 Å². The van der Waals surface area contributed by atoms with Crippen molar-refractivity contribution in [1.82, 2.24) is 0 Å². The van der Waals surface area contributed by atoms with Crippen LogP contribution in [0.15, 0.2) is 21.6 Å². The quantitative estimate of drug-likeness (QED) is 0.375. The van der Waals surface area contributed by atoms with Crippen LogP contribution in [0.1, 0.15) is 0 Å². The van der Waals surface area contributed by atoms with Gasteiger partial charge in [0.1, 0.15) is 4.92 Å². The van der Waals surface area contributed by atoms with Crippen LogP contribution in [0.2, 0.25) is 0 Å². The molecule has 0 unspecified atom stereocenters. The molecule has 0 amide bonds. The van der Waals surface area contributed by atoms with Gasteiger partial charge in [-0.3, -0.25) is 10.1 Å². The fraction of sp³-hybridized carbons (Fsp3) is 0.200. The number of furan rings is 1. The topological polar surface area (TPSA) is 56.3 Å². The molecule has 1 aromatic heterocycles. The molecule has 0 bridgehead atoms. The van der Waals surface area contributed by atoms with Gasteiger partial charge in [-0.15, -0.1) is 0 Å². The SMILES string of the molecule is CSc1ccc([N+](=O)[O-])o1. The number of hydrogen-bond acceptors (Lipinski definition) is 4. The van der Waals surface area contributed by atoms with Crippen molar-refractivity contribution in [3.63, 3.8) is 0 Å². The van der Waals surface area contributed by atoms with E-state index in [1.807, 2.05) is 0 Å². The van der Waals surface area contributed by atoms with E-state index < -0.39 is 4.92 Å². The Morgan fingerprint density at radius 2 is 2.40 bits per heavy atom. The summed E-state index contributed by atoms with van der Waals surface area (Å²) in [6, 6.07) is 2.91. The van der Waals surface area contributed by atoms with Crippen molar-refractivity contribution >= 4 is 17.6 Å². The van der Waals surface area contributed by atoms with Crippen LogP contribution >= 0.6 is 11.8 Å². The van der Waals surface area contributed by atoms with Gasteiger partial charge in [0.05, 0.1) is 6.07 Å². The molecule has 54 valence electrons. The van der Waals surface area contributed by atoms with Crippen LogP contribution in [0.3, 0.4) is 0 Å². The summed E-state index contributed by atoms with van der Waals surface area (Å²) >= 11 is 1.34. The first-order chi connectivity index (χ1) is 4.74. The molecule has 1 rings (SSSR count). The van der Waals surface area contributed by atoms with Gasteiger partial charge in [-0.1, -0.05) is 11.8 Å². The molecule has 0 saturated carbocycles. The van der Waals surface area contributed by atoms with Crippen LogP contribution in [0.4, 0.5) is 5.88 Å². The second kappa shape index (κ2) is 2.74. The predicted molar refractivity (Wildman–Crippen MR) is 37.1 cm³/mol. The summed E-state index contributed by atoms with van der Waals surface area (Å²) in [5.74, 6) is -0.204. The maximum absolute atomic E-state index is 10.0. The maximum atomic E-state index is 10.0. The van der Waals surface area contributed by atoms with Crippen LogP contribution in [-0.2, 0) is 0 Å². The summed E-state index contributed by atoms with van der Waals surface area (Å²) in [7, 11) is 0. The molecule has 0 aliphatic rings. The van der Waals surface area contributed by atoms with Crippen LogP contribution in [0.5, 0.6) is 0 Å². The van der Waals surface area contributed by atoms with Gasteiger partial charge in [-0.2, -0.15) is 0 Å². The molecule has 10 heavy (non-hydrogen) atoms. The Morgan fingerprint density at radius 1 is 1.70 bits per heavy atom. The highest BCUT2D eigenvalue weighted by atomic mass is 32.2. The average molecular weight is 159 g/mol. The second-order valence-electron chi connectivity index (χ2n) is 1.55. The van der Waals surface area contributed by atoms with Crippen LogP contribution in [-0.4, -0.2) is 11.2 Å². The number of nitro groups is 1. The molecule has 0 atom stereocenters. The Morgan fingerprint density at radius 3 is 2.70 bits per heavy atom. The van der Waals surface area contributed by atoms with Gasteiger partial charge in [-0.25, -0.2) is 0 Å². The number of nitrogens with zero attached hydrogens (tertiary/aromatic N) is 1. The second-order valence-corrected chi connectivity index (χ2v) is 2.36. The Hall–Kier alpha value is -0.970. The molecule has 1 heterocycles. The summed E-state index contributed by atoms with van der Waals surface area (Å²) in [6.45, 7) is 0. The molecule has 5 heteroatoms. The summed E-state index contributed by atoms with van der Waals surface area (Å²) in [4.78, 5) is 9.48. The number of thioether (sulfide) groups is 1. The average Bonchev–Trinajstić information content (AvgIpc) is 2.34. The summed E-state index contributed by atoms with van der Waals surface area (Å²) in [5.41, 5.74) is 0. The van der Waals surface area contributed by atoms with Crippen LogP contribution in [0.25, 0.3) is 0 Å². The van der Waals surface area contributed by atoms with Gasteiger partial charge in [0.15, 0.2) is 5.09 Å². The van der Waals surface area contributed by atoms with E-state index in [1.165, 1.54) is 17.8 Å². The number of rotatable bonds is 2. The van der Waals surface area contributed by atoms with Gasteiger partial charge in [0, 0.05) is 0 Å². The lowest BCUT2D eigenvalue weighted by molar-refractivity contribution is -0.403. The molecule has 0 spiro atoms. The molecule has 0 N–H and O–H groups in total. The molecule has 0 saturated heterocycles. The minimum absolute atomic E-state index is 0.204. The van der Waals surface area contributed by atoms with Crippen LogP contribution in [0, 0.1) is 10.1 Å². The Balaban J connectivity index is 2.88. The van der Waals surface area contributed by atoms with E-state index in [2.05, 4.69) is 0 Å². The normalized spacial score (nSPS) is 9.70. The van der Waals surface area contributed by atoms with Gasteiger partial charge in [0.25, 0.3) is 0 Å². The third-order valence-corrected chi connectivity index (χ3v) is 1.57. The summed E-state index contributed by atoms with van der Waals surface area (Å²) in [6.07, 6.45) is 1.79. The van der Waals surface area contributed by atoms with E-state index in [1.54, 1.807) is 12.3 Å². The van der Waals surface area contributed by atoms with E-state index in [4.69, 9.17) is 4.42 Å². The minimum Gasteiger partial charge on any atom is -0.394 e. The minimum atomic E-state index is -0.556.